The minimum Gasteiger partial charge on any atom is -0.497 e. The van der Waals surface area contributed by atoms with E-state index in [1.807, 2.05) is 18.2 Å². The van der Waals surface area contributed by atoms with Gasteiger partial charge in [-0.15, -0.1) is 0 Å². The highest BCUT2D eigenvalue weighted by Crippen LogP contribution is 2.21. The average Bonchev–Trinajstić information content (AvgIpc) is 2.90. The van der Waals surface area contributed by atoms with E-state index in [0.717, 1.165) is 18.8 Å². The summed E-state index contributed by atoms with van der Waals surface area (Å²) in [6.45, 7) is 1.66. The Balaban J connectivity index is 1.83. The van der Waals surface area contributed by atoms with E-state index in [1.165, 1.54) is 0 Å². The lowest BCUT2D eigenvalue weighted by molar-refractivity contribution is 0.0499. The van der Waals surface area contributed by atoms with E-state index in [-0.39, 0.29) is 5.92 Å². The van der Waals surface area contributed by atoms with Gasteiger partial charge in [-0.2, -0.15) is 0 Å². The van der Waals surface area contributed by atoms with Gasteiger partial charge in [0.2, 0.25) is 0 Å². The molecule has 0 amide bonds. The van der Waals surface area contributed by atoms with Crippen LogP contribution in [0.5, 0.6) is 11.5 Å². The monoisotopic (exact) mass is 238 g/mol. The van der Waals surface area contributed by atoms with Crippen molar-refractivity contribution < 1.29 is 19.3 Å². The summed E-state index contributed by atoms with van der Waals surface area (Å²) in [6, 6.07) is 7.37. The van der Waals surface area contributed by atoms with E-state index < -0.39 is 6.10 Å². The van der Waals surface area contributed by atoms with E-state index in [2.05, 4.69) is 0 Å². The zero-order valence-electron chi connectivity index (χ0n) is 9.96. The molecule has 17 heavy (non-hydrogen) atoms. The van der Waals surface area contributed by atoms with Crippen LogP contribution in [0.15, 0.2) is 24.3 Å². The van der Waals surface area contributed by atoms with Gasteiger partial charge in [0.25, 0.3) is 0 Å². The fraction of sp³-hybridized carbons (Fsp3) is 0.538. The Hall–Kier alpha value is -1.26. The predicted octanol–water partition coefficient (Wildman–Crippen LogP) is 1.47. The molecule has 1 heterocycles. The standard InChI is InChI=1S/C13H18O4/c1-15-11-3-2-4-12(7-11)17-9-13(14)10-5-6-16-8-10/h2-4,7,10,13-14H,5-6,8-9H2,1H3. The Morgan fingerprint density at radius 2 is 2.29 bits per heavy atom. The van der Waals surface area contributed by atoms with E-state index in [1.54, 1.807) is 13.2 Å². The lowest BCUT2D eigenvalue weighted by atomic mass is 10.0. The molecule has 1 fully saturated rings. The molecule has 2 unspecified atom stereocenters. The van der Waals surface area contributed by atoms with Crippen LogP contribution in [0, 0.1) is 5.92 Å². The molecule has 4 nitrogen and oxygen atoms in total. The van der Waals surface area contributed by atoms with Crippen LogP contribution in [0.4, 0.5) is 0 Å². The van der Waals surface area contributed by atoms with Gasteiger partial charge in [0, 0.05) is 18.6 Å². The van der Waals surface area contributed by atoms with Crippen molar-refractivity contribution in [2.45, 2.75) is 12.5 Å². The van der Waals surface area contributed by atoms with E-state index in [0.29, 0.717) is 19.0 Å². The van der Waals surface area contributed by atoms with Crippen molar-refractivity contribution in [3.05, 3.63) is 24.3 Å². The van der Waals surface area contributed by atoms with Crippen LogP contribution in [-0.2, 0) is 4.74 Å². The van der Waals surface area contributed by atoms with Crippen molar-refractivity contribution in [1.29, 1.82) is 0 Å². The summed E-state index contributed by atoms with van der Waals surface area (Å²) in [5.41, 5.74) is 0. The third kappa shape index (κ3) is 3.35. The first kappa shape index (κ1) is 12.2. The molecule has 94 valence electrons. The highest BCUT2D eigenvalue weighted by atomic mass is 16.5. The molecule has 0 bridgehead atoms. The zero-order chi connectivity index (χ0) is 12.1. The summed E-state index contributed by atoms with van der Waals surface area (Å²) < 4.78 is 15.9. The van der Waals surface area contributed by atoms with Gasteiger partial charge in [-0.1, -0.05) is 6.07 Å². The second-order valence-corrected chi connectivity index (χ2v) is 4.18. The molecular weight excluding hydrogens is 220 g/mol. The number of methoxy groups -OCH3 is 1. The van der Waals surface area contributed by atoms with Crippen molar-refractivity contribution in [2.24, 2.45) is 5.92 Å². The highest BCUT2D eigenvalue weighted by Gasteiger charge is 2.24. The molecule has 1 N–H and O–H groups in total. The predicted molar refractivity (Wildman–Crippen MR) is 63.4 cm³/mol. The van der Waals surface area contributed by atoms with Gasteiger partial charge < -0.3 is 19.3 Å². The Bertz CT molecular complexity index is 347. The number of benzene rings is 1. The largest absolute Gasteiger partial charge is 0.497 e. The van der Waals surface area contributed by atoms with Gasteiger partial charge in [0.05, 0.1) is 19.8 Å². The number of aliphatic hydroxyl groups excluding tert-OH is 1. The van der Waals surface area contributed by atoms with Crippen LogP contribution in [0.1, 0.15) is 6.42 Å². The third-order valence-electron chi connectivity index (χ3n) is 2.97. The van der Waals surface area contributed by atoms with Crippen LogP contribution >= 0.6 is 0 Å². The Morgan fingerprint density at radius 1 is 1.47 bits per heavy atom. The van der Waals surface area contributed by atoms with E-state index in [9.17, 15) is 5.11 Å². The van der Waals surface area contributed by atoms with Crippen LogP contribution < -0.4 is 9.47 Å². The Kier molecular flexibility index (Phi) is 4.23. The molecule has 2 atom stereocenters. The topological polar surface area (TPSA) is 47.9 Å². The number of hydrogen-bond acceptors (Lipinski definition) is 4. The first-order chi connectivity index (χ1) is 8.29. The number of ether oxygens (including phenoxy) is 3. The fourth-order valence-corrected chi connectivity index (χ4v) is 1.86. The molecule has 0 saturated carbocycles. The minimum atomic E-state index is -0.469. The fourth-order valence-electron chi connectivity index (χ4n) is 1.86. The zero-order valence-corrected chi connectivity index (χ0v) is 9.96. The maximum Gasteiger partial charge on any atom is 0.123 e. The molecule has 0 spiro atoms. The molecule has 1 aliphatic heterocycles. The summed E-state index contributed by atoms with van der Waals surface area (Å²) in [6.07, 6.45) is 0.437. The summed E-state index contributed by atoms with van der Waals surface area (Å²) in [5.74, 6) is 1.66. The van der Waals surface area contributed by atoms with Crippen molar-refractivity contribution in [3.8, 4) is 11.5 Å². The van der Waals surface area contributed by atoms with Crippen molar-refractivity contribution >= 4 is 0 Å². The minimum absolute atomic E-state index is 0.195. The molecule has 4 heteroatoms. The van der Waals surface area contributed by atoms with E-state index >= 15 is 0 Å². The third-order valence-corrected chi connectivity index (χ3v) is 2.97. The Morgan fingerprint density at radius 3 is 3.00 bits per heavy atom. The van der Waals surface area contributed by atoms with Gasteiger partial charge in [-0.05, 0) is 18.6 Å². The van der Waals surface area contributed by atoms with Crippen LogP contribution in [-0.4, -0.2) is 38.1 Å². The molecule has 1 aromatic rings. The lowest BCUT2D eigenvalue weighted by Crippen LogP contribution is -2.27. The van der Waals surface area contributed by atoms with Crippen LogP contribution in [0.25, 0.3) is 0 Å². The summed E-state index contributed by atoms with van der Waals surface area (Å²) >= 11 is 0. The van der Waals surface area contributed by atoms with Gasteiger partial charge in [-0.25, -0.2) is 0 Å². The number of aliphatic hydroxyl groups is 1. The molecule has 0 aliphatic carbocycles. The smallest absolute Gasteiger partial charge is 0.123 e. The Labute approximate surface area is 101 Å². The molecule has 2 rings (SSSR count). The summed E-state index contributed by atoms with van der Waals surface area (Å²) in [4.78, 5) is 0. The molecule has 1 saturated heterocycles. The quantitative estimate of drug-likeness (QED) is 0.844. The molecule has 0 aromatic heterocycles. The second-order valence-electron chi connectivity index (χ2n) is 4.18. The SMILES string of the molecule is COc1cccc(OCC(O)C2CCOC2)c1. The number of hydrogen-bond donors (Lipinski definition) is 1. The van der Waals surface area contributed by atoms with E-state index in [4.69, 9.17) is 14.2 Å². The summed E-state index contributed by atoms with van der Waals surface area (Å²) in [5, 5.41) is 9.90. The molecule has 1 aromatic carbocycles. The first-order valence-electron chi connectivity index (χ1n) is 5.82. The van der Waals surface area contributed by atoms with Gasteiger partial charge >= 0.3 is 0 Å². The van der Waals surface area contributed by atoms with Gasteiger partial charge in [0.1, 0.15) is 18.1 Å². The first-order valence-corrected chi connectivity index (χ1v) is 5.82. The van der Waals surface area contributed by atoms with Crippen molar-refractivity contribution in [1.82, 2.24) is 0 Å². The average molecular weight is 238 g/mol. The lowest BCUT2D eigenvalue weighted by Gasteiger charge is -2.17. The molecule has 1 aliphatic rings. The summed E-state index contributed by atoms with van der Waals surface area (Å²) in [7, 11) is 1.61. The maximum atomic E-state index is 9.90. The van der Waals surface area contributed by atoms with Crippen molar-refractivity contribution in [3.63, 3.8) is 0 Å². The van der Waals surface area contributed by atoms with Crippen LogP contribution in [0.3, 0.4) is 0 Å². The normalized spacial score (nSPS) is 21.2. The van der Waals surface area contributed by atoms with Crippen molar-refractivity contribution in [2.75, 3.05) is 26.9 Å². The second kappa shape index (κ2) is 5.89. The van der Waals surface area contributed by atoms with Gasteiger partial charge in [-0.3, -0.25) is 0 Å². The molecule has 0 radical (unpaired) electrons. The van der Waals surface area contributed by atoms with Gasteiger partial charge in [0.15, 0.2) is 0 Å². The molecular formula is C13H18O4. The van der Waals surface area contributed by atoms with Crippen LogP contribution in [0.2, 0.25) is 0 Å². The highest BCUT2D eigenvalue weighted by molar-refractivity contribution is 5.32. The maximum absolute atomic E-state index is 9.90. The number of rotatable bonds is 5.